The molecular weight excluding hydrogens is 197 g/mol. The normalized spacial score (nSPS) is 8.83. The van der Waals surface area contributed by atoms with Crippen LogP contribution in [0.25, 0.3) is 0 Å². The number of halogens is 2. The van der Waals surface area contributed by atoms with E-state index in [1.807, 2.05) is 13.0 Å². The molecule has 12 heavy (non-hydrogen) atoms. The summed E-state index contributed by atoms with van der Waals surface area (Å²) in [6, 6.07) is 3.57. The standard InChI is InChI=1S/C8H8ClNO.ClH/c1-6-2-3-10-7(4-6)8(11)5-9;/h2-4H,5H2,1H3;1H. The number of carbonyl (C=O) groups excluding carboxylic acids is 1. The van der Waals surface area contributed by atoms with Gasteiger partial charge in [-0.2, -0.15) is 0 Å². The first-order chi connectivity index (χ1) is 5.24. The number of Topliss-reactive ketones (excluding diaryl/α,β-unsaturated/α-hetero) is 1. The third-order valence-corrected chi connectivity index (χ3v) is 1.57. The van der Waals surface area contributed by atoms with Gasteiger partial charge in [0, 0.05) is 6.20 Å². The predicted octanol–water partition coefficient (Wildman–Crippen LogP) is 2.23. The Bertz CT molecular complexity index is 276. The Morgan fingerprint density at radius 1 is 1.67 bits per heavy atom. The van der Waals surface area contributed by atoms with Crippen LogP contribution in [0.15, 0.2) is 18.3 Å². The maximum atomic E-state index is 11.0. The number of hydrogen-bond donors (Lipinski definition) is 0. The van der Waals surface area contributed by atoms with E-state index in [4.69, 9.17) is 11.6 Å². The quantitative estimate of drug-likeness (QED) is 0.548. The summed E-state index contributed by atoms with van der Waals surface area (Å²) in [5.41, 5.74) is 1.47. The zero-order chi connectivity index (χ0) is 8.27. The Morgan fingerprint density at radius 2 is 2.33 bits per heavy atom. The highest BCUT2D eigenvalue weighted by molar-refractivity contribution is 6.30. The van der Waals surface area contributed by atoms with E-state index in [9.17, 15) is 4.79 Å². The molecule has 1 aromatic heterocycles. The molecule has 0 aliphatic carbocycles. The van der Waals surface area contributed by atoms with Crippen molar-refractivity contribution in [3.8, 4) is 0 Å². The van der Waals surface area contributed by atoms with Crippen molar-refractivity contribution in [3.63, 3.8) is 0 Å². The van der Waals surface area contributed by atoms with Gasteiger partial charge in [0.25, 0.3) is 0 Å². The van der Waals surface area contributed by atoms with Crippen molar-refractivity contribution < 1.29 is 4.79 Å². The van der Waals surface area contributed by atoms with Crippen molar-refractivity contribution in [2.45, 2.75) is 6.92 Å². The lowest BCUT2D eigenvalue weighted by Crippen LogP contribution is -2.02. The Balaban J connectivity index is 0.00000121. The second kappa shape index (κ2) is 5.12. The first-order valence-electron chi connectivity index (χ1n) is 3.26. The van der Waals surface area contributed by atoms with E-state index < -0.39 is 0 Å². The van der Waals surface area contributed by atoms with Crippen molar-refractivity contribution in [2.75, 3.05) is 5.88 Å². The van der Waals surface area contributed by atoms with Gasteiger partial charge in [0.1, 0.15) is 5.69 Å². The van der Waals surface area contributed by atoms with E-state index in [0.29, 0.717) is 5.69 Å². The zero-order valence-corrected chi connectivity index (χ0v) is 8.15. The molecule has 0 amide bonds. The fourth-order valence-electron chi connectivity index (χ4n) is 0.757. The molecule has 0 unspecified atom stereocenters. The van der Waals surface area contributed by atoms with Crippen LogP contribution in [0.3, 0.4) is 0 Å². The van der Waals surface area contributed by atoms with Gasteiger partial charge in [0.15, 0.2) is 5.78 Å². The summed E-state index contributed by atoms with van der Waals surface area (Å²) in [6.45, 7) is 1.91. The number of alkyl halides is 1. The first kappa shape index (κ1) is 11.4. The summed E-state index contributed by atoms with van der Waals surface area (Å²) in [4.78, 5) is 14.8. The van der Waals surface area contributed by atoms with Crippen molar-refractivity contribution >= 4 is 29.8 Å². The van der Waals surface area contributed by atoms with Gasteiger partial charge in [-0.1, -0.05) is 0 Å². The van der Waals surface area contributed by atoms with Crippen molar-refractivity contribution in [1.29, 1.82) is 0 Å². The van der Waals surface area contributed by atoms with Gasteiger partial charge in [0.2, 0.25) is 0 Å². The van der Waals surface area contributed by atoms with E-state index in [1.54, 1.807) is 12.3 Å². The van der Waals surface area contributed by atoms with Gasteiger partial charge in [0.05, 0.1) is 5.88 Å². The molecule has 0 saturated carbocycles. The van der Waals surface area contributed by atoms with Crippen LogP contribution in [0.5, 0.6) is 0 Å². The van der Waals surface area contributed by atoms with Crippen LogP contribution in [0.4, 0.5) is 0 Å². The minimum absolute atomic E-state index is 0. The third-order valence-electron chi connectivity index (χ3n) is 1.32. The molecule has 0 bridgehead atoms. The molecule has 0 saturated heterocycles. The molecule has 0 aromatic carbocycles. The van der Waals surface area contributed by atoms with E-state index in [-0.39, 0.29) is 24.1 Å². The summed E-state index contributed by atoms with van der Waals surface area (Å²) in [5, 5.41) is 0. The van der Waals surface area contributed by atoms with Crippen LogP contribution >= 0.6 is 24.0 Å². The van der Waals surface area contributed by atoms with Gasteiger partial charge < -0.3 is 0 Å². The van der Waals surface area contributed by atoms with Gasteiger partial charge in [-0.3, -0.25) is 9.78 Å². The summed E-state index contributed by atoms with van der Waals surface area (Å²) in [5.74, 6) is -0.133. The Kier molecular flexibility index (Phi) is 4.86. The number of hydrogen-bond acceptors (Lipinski definition) is 2. The molecule has 0 aliphatic rings. The fourth-order valence-corrected chi connectivity index (χ4v) is 0.894. The molecule has 2 nitrogen and oxygen atoms in total. The van der Waals surface area contributed by atoms with Gasteiger partial charge in [-0.15, -0.1) is 24.0 Å². The van der Waals surface area contributed by atoms with E-state index >= 15 is 0 Å². The highest BCUT2D eigenvalue weighted by Crippen LogP contribution is 2.01. The van der Waals surface area contributed by atoms with E-state index in [1.165, 1.54) is 0 Å². The van der Waals surface area contributed by atoms with Crippen LogP contribution in [-0.2, 0) is 0 Å². The summed E-state index contributed by atoms with van der Waals surface area (Å²) < 4.78 is 0. The lowest BCUT2D eigenvalue weighted by molar-refractivity contribution is 0.101. The number of aryl methyl sites for hydroxylation is 1. The van der Waals surface area contributed by atoms with Gasteiger partial charge in [-0.25, -0.2) is 0 Å². The van der Waals surface area contributed by atoms with Crippen LogP contribution in [0.2, 0.25) is 0 Å². The Hall–Kier alpha value is -0.600. The van der Waals surface area contributed by atoms with Crippen LogP contribution in [0.1, 0.15) is 16.1 Å². The predicted molar refractivity (Wildman–Crippen MR) is 51.3 cm³/mol. The second-order valence-electron chi connectivity index (χ2n) is 2.28. The zero-order valence-electron chi connectivity index (χ0n) is 6.58. The summed E-state index contributed by atoms with van der Waals surface area (Å²) >= 11 is 5.35. The summed E-state index contributed by atoms with van der Waals surface area (Å²) in [7, 11) is 0. The first-order valence-corrected chi connectivity index (χ1v) is 3.79. The maximum absolute atomic E-state index is 11.0. The molecule has 4 heteroatoms. The minimum atomic E-state index is -0.129. The van der Waals surface area contributed by atoms with Crippen molar-refractivity contribution in [2.24, 2.45) is 0 Å². The Labute approximate surface area is 82.4 Å². The van der Waals surface area contributed by atoms with Gasteiger partial charge >= 0.3 is 0 Å². The molecule has 66 valence electrons. The smallest absolute Gasteiger partial charge is 0.195 e. The number of rotatable bonds is 2. The number of ketones is 1. The highest BCUT2D eigenvalue weighted by atomic mass is 35.5. The monoisotopic (exact) mass is 205 g/mol. The third kappa shape index (κ3) is 2.80. The average Bonchev–Trinajstić information content (AvgIpc) is 2.03. The average molecular weight is 206 g/mol. The number of aromatic nitrogens is 1. The van der Waals surface area contributed by atoms with Crippen molar-refractivity contribution in [3.05, 3.63) is 29.6 Å². The lowest BCUT2D eigenvalue weighted by atomic mass is 10.2. The lowest BCUT2D eigenvalue weighted by Gasteiger charge is -1.95. The molecule has 0 spiro atoms. The molecule has 0 fully saturated rings. The maximum Gasteiger partial charge on any atom is 0.195 e. The number of pyridine rings is 1. The van der Waals surface area contributed by atoms with E-state index in [2.05, 4.69) is 4.98 Å². The van der Waals surface area contributed by atoms with Crippen LogP contribution in [-0.4, -0.2) is 16.6 Å². The second-order valence-corrected chi connectivity index (χ2v) is 2.54. The molecule has 0 radical (unpaired) electrons. The van der Waals surface area contributed by atoms with Gasteiger partial charge in [-0.05, 0) is 24.6 Å². The molecule has 0 atom stereocenters. The van der Waals surface area contributed by atoms with E-state index in [0.717, 1.165) is 5.56 Å². The van der Waals surface area contributed by atoms with Crippen LogP contribution < -0.4 is 0 Å². The minimum Gasteiger partial charge on any atom is -0.291 e. The number of carbonyl (C=O) groups is 1. The van der Waals surface area contributed by atoms with Crippen molar-refractivity contribution in [1.82, 2.24) is 4.98 Å². The molecular formula is C8H9Cl2NO. The number of nitrogens with zero attached hydrogens (tertiary/aromatic N) is 1. The molecule has 1 heterocycles. The largest absolute Gasteiger partial charge is 0.291 e. The molecule has 1 aromatic rings. The molecule has 1 rings (SSSR count). The SMILES string of the molecule is Cc1ccnc(C(=O)CCl)c1.Cl. The summed E-state index contributed by atoms with van der Waals surface area (Å²) in [6.07, 6.45) is 1.61. The molecule has 0 N–H and O–H groups in total. The topological polar surface area (TPSA) is 30.0 Å². The van der Waals surface area contributed by atoms with Crippen LogP contribution in [0, 0.1) is 6.92 Å². The highest BCUT2D eigenvalue weighted by Gasteiger charge is 2.03. The molecule has 0 aliphatic heterocycles. The fraction of sp³-hybridized carbons (Fsp3) is 0.250. The Morgan fingerprint density at radius 3 is 2.83 bits per heavy atom.